The third kappa shape index (κ3) is 4.42. The number of nitrogens with zero attached hydrogens (tertiary/aromatic N) is 2. The average Bonchev–Trinajstić information content (AvgIpc) is 2.55. The topological polar surface area (TPSA) is 115 Å². The average molecular weight is 422 g/mol. The van der Waals surface area contributed by atoms with Crippen LogP contribution in [0.25, 0.3) is 0 Å². The molecule has 0 fully saturated rings. The second-order valence-electron chi connectivity index (χ2n) is 6.65. The molecule has 0 aliphatic heterocycles. The Morgan fingerprint density at radius 2 is 1.54 bits per heavy atom. The summed E-state index contributed by atoms with van der Waals surface area (Å²) in [4.78, 5) is 32.7. The van der Waals surface area contributed by atoms with Gasteiger partial charge >= 0.3 is 0 Å². The highest BCUT2D eigenvalue weighted by atomic mass is 79.9. The Bertz CT molecular complexity index is 874. The van der Waals surface area contributed by atoms with Gasteiger partial charge < -0.3 is 5.32 Å². The number of benzene rings is 2. The van der Waals surface area contributed by atoms with Gasteiger partial charge in [-0.1, -0.05) is 26.8 Å². The fraction of sp³-hybridized carbons (Fsp3) is 0.235. The molecule has 0 aliphatic rings. The van der Waals surface area contributed by atoms with E-state index in [0.717, 1.165) is 23.8 Å². The van der Waals surface area contributed by atoms with Crippen LogP contribution in [0, 0.1) is 20.2 Å². The van der Waals surface area contributed by atoms with E-state index in [0.29, 0.717) is 10.2 Å². The van der Waals surface area contributed by atoms with Gasteiger partial charge in [-0.05, 0) is 39.0 Å². The lowest BCUT2D eigenvalue weighted by Crippen LogP contribution is -2.14. The molecule has 2 aromatic rings. The number of carbonyl (C=O) groups is 1. The zero-order valence-electron chi connectivity index (χ0n) is 14.3. The van der Waals surface area contributed by atoms with Crippen LogP contribution in [0.2, 0.25) is 0 Å². The van der Waals surface area contributed by atoms with Gasteiger partial charge in [0.2, 0.25) is 0 Å². The monoisotopic (exact) mass is 421 g/mol. The minimum absolute atomic E-state index is 0.0777. The van der Waals surface area contributed by atoms with Crippen LogP contribution in [0.15, 0.2) is 40.9 Å². The summed E-state index contributed by atoms with van der Waals surface area (Å²) in [6.07, 6.45) is 0. The molecule has 0 unspecified atom stereocenters. The smallest absolute Gasteiger partial charge is 0.277 e. The predicted octanol–water partition coefficient (Wildman–Crippen LogP) is 4.82. The first-order valence-electron chi connectivity index (χ1n) is 7.54. The van der Waals surface area contributed by atoms with Gasteiger partial charge in [0.15, 0.2) is 0 Å². The summed E-state index contributed by atoms with van der Waals surface area (Å²) in [5.74, 6) is -0.680. The molecule has 0 aliphatic carbocycles. The number of nitro benzene ring substituents is 2. The maximum atomic E-state index is 12.4. The third-order valence-corrected chi connectivity index (χ3v) is 4.33. The van der Waals surface area contributed by atoms with E-state index >= 15 is 0 Å². The summed E-state index contributed by atoms with van der Waals surface area (Å²) in [5.41, 5.74) is 0.215. The molecule has 0 atom stereocenters. The van der Waals surface area contributed by atoms with Gasteiger partial charge in [-0.2, -0.15) is 0 Å². The van der Waals surface area contributed by atoms with Crippen molar-refractivity contribution in [2.24, 2.45) is 0 Å². The lowest BCUT2D eigenvalue weighted by Gasteiger charge is -2.20. The zero-order chi connectivity index (χ0) is 19.6. The molecule has 0 aromatic heterocycles. The number of halogens is 1. The number of nitro groups is 2. The molecule has 0 heterocycles. The first kappa shape index (κ1) is 19.5. The Morgan fingerprint density at radius 1 is 1.00 bits per heavy atom. The van der Waals surface area contributed by atoms with Gasteiger partial charge in [0.1, 0.15) is 0 Å². The fourth-order valence-corrected chi connectivity index (χ4v) is 2.69. The molecule has 1 amide bonds. The molecular formula is C17H16BrN3O5. The molecule has 0 saturated heterocycles. The number of non-ortho nitro benzene ring substituents is 2. The summed E-state index contributed by atoms with van der Waals surface area (Å²) < 4.78 is 0.637. The summed E-state index contributed by atoms with van der Waals surface area (Å²) >= 11 is 3.38. The van der Waals surface area contributed by atoms with Crippen LogP contribution in [-0.2, 0) is 5.41 Å². The Labute approximate surface area is 157 Å². The Morgan fingerprint density at radius 3 is 1.96 bits per heavy atom. The van der Waals surface area contributed by atoms with E-state index < -0.39 is 27.1 Å². The molecule has 0 spiro atoms. The number of carbonyl (C=O) groups excluding carboxylic acids is 1. The van der Waals surface area contributed by atoms with Gasteiger partial charge in [0, 0.05) is 16.6 Å². The van der Waals surface area contributed by atoms with E-state index in [2.05, 4.69) is 42.0 Å². The number of nitrogens with one attached hydrogen (secondary N) is 1. The van der Waals surface area contributed by atoms with E-state index in [1.165, 1.54) is 0 Å². The number of amides is 1. The van der Waals surface area contributed by atoms with Crippen LogP contribution in [0.1, 0.15) is 36.7 Å². The lowest BCUT2D eigenvalue weighted by atomic mass is 9.87. The van der Waals surface area contributed by atoms with E-state index in [1.54, 1.807) is 6.07 Å². The maximum absolute atomic E-state index is 12.4. The summed E-state index contributed by atoms with van der Waals surface area (Å²) in [5, 5.41) is 24.5. The van der Waals surface area contributed by atoms with Crippen molar-refractivity contribution >= 4 is 38.9 Å². The summed E-state index contributed by atoms with van der Waals surface area (Å²) in [7, 11) is 0. The number of hydrogen-bond donors (Lipinski definition) is 1. The molecule has 2 aromatic carbocycles. The van der Waals surface area contributed by atoms with Gasteiger partial charge in [-0.3, -0.25) is 25.0 Å². The van der Waals surface area contributed by atoms with Crippen LogP contribution in [-0.4, -0.2) is 15.8 Å². The molecule has 0 radical (unpaired) electrons. The number of anilines is 1. The van der Waals surface area contributed by atoms with Crippen molar-refractivity contribution in [1.29, 1.82) is 0 Å². The largest absolute Gasteiger partial charge is 0.321 e. The van der Waals surface area contributed by atoms with Gasteiger partial charge in [0.05, 0.1) is 27.2 Å². The van der Waals surface area contributed by atoms with Crippen LogP contribution >= 0.6 is 15.9 Å². The van der Waals surface area contributed by atoms with Crippen molar-refractivity contribution in [2.45, 2.75) is 26.2 Å². The molecule has 0 saturated carbocycles. The molecule has 1 N–H and O–H groups in total. The summed E-state index contributed by atoms with van der Waals surface area (Å²) in [6.45, 7) is 6.15. The Balaban J connectivity index is 2.36. The van der Waals surface area contributed by atoms with Crippen molar-refractivity contribution in [3.05, 3.63) is 72.2 Å². The molecule has 136 valence electrons. The Hall–Kier alpha value is -2.81. The van der Waals surface area contributed by atoms with Crippen molar-refractivity contribution in [2.75, 3.05) is 5.32 Å². The van der Waals surface area contributed by atoms with Crippen LogP contribution in [0.4, 0.5) is 17.1 Å². The second-order valence-corrected chi connectivity index (χ2v) is 7.51. The first-order valence-corrected chi connectivity index (χ1v) is 8.33. The lowest BCUT2D eigenvalue weighted by molar-refractivity contribution is -0.394. The molecule has 26 heavy (non-hydrogen) atoms. The highest BCUT2D eigenvalue weighted by Crippen LogP contribution is 2.31. The van der Waals surface area contributed by atoms with Crippen molar-refractivity contribution in [1.82, 2.24) is 0 Å². The van der Waals surface area contributed by atoms with Crippen molar-refractivity contribution < 1.29 is 14.6 Å². The number of rotatable bonds is 4. The molecule has 0 bridgehead atoms. The zero-order valence-corrected chi connectivity index (χ0v) is 15.9. The van der Waals surface area contributed by atoms with Crippen LogP contribution < -0.4 is 5.32 Å². The minimum Gasteiger partial charge on any atom is -0.321 e. The molecule has 9 heteroatoms. The van der Waals surface area contributed by atoms with Crippen molar-refractivity contribution in [3.8, 4) is 0 Å². The van der Waals surface area contributed by atoms with E-state index in [9.17, 15) is 25.0 Å². The highest BCUT2D eigenvalue weighted by molar-refractivity contribution is 9.10. The van der Waals surface area contributed by atoms with Gasteiger partial charge in [-0.25, -0.2) is 0 Å². The standard InChI is InChI=1S/C17H16BrN3O5/c1-17(2,3)11-4-5-15(14(18)8-11)19-16(22)10-6-12(20(23)24)9-13(7-10)21(25)26/h4-9H,1-3H3,(H,19,22). The fourth-order valence-electron chi connectivity index (χ4n) is 2.21. The van der Waals surface area contributed by atoms with Crippen LogP contribution in [0.5, 0.6) is 0 Å². The highest BCUT2D eigenvalue weighted by Gasteiger charge is 2.21. The quantitative estimate of drug-likeness (QED) is 0.561. The molecule has 8 nitrogen and oxygen atoms in total. The van der Waals surface area contributed by atoms with Gasteiger partial charge in [0.25, 0.3) is 17.3 Å². The Kier molecular flexibility index (Phi) is 5.41. The third-order valence-electron chi connectivity index (χ3n) is 3.67. The summed E-state index contributed by atoms with van der Waals surface area (Å²) in [6, 6.07) is 8.24. The first-order chi connectivity index (χ1) is 12.0. The molecular weight excluding hydrogens is 406 g/mol. The normalized spacial score (nSPS) is 11.1. The number of hydrogen-bond acceptors (Lipinski definition) is 5. The van der Waals surface area contributed by atoms with E-state index in [-0.39, 0.29) is 11.0 Å². The minimum atomic E-state index is -0.780. The van der Waals surface area contributed by atoms with Crippen molar-refractivity contribution in [3.63, 3.8) is 0 Å². The van der Waals surface area contributed by atoms with E-state index in [4.69, 9.17) is 0 Å². The van der Waals surface area contributed by atoms with E-state index in [1.807, 2.05) is 12.1 Å². The maximum Gasteiger partial charge on any atom is 0.277 e. The van der Waals surface area contributed by atoms with Gasteiger partial charge in [-0.15, -0.1) is 0 Å². The SMILES string of the molecule is CC(C)(C)c1ccc(NC(=O)c2cc([N+](=O)[O-])cc([N+](=O)[O-])c2)c(Br)c1. The molecule has 2 rings (SSSR count). The predicted molar refractivity (Wildman–Crippen MR) is 101 cm³/mol. The second kappa shape index (κ2) is 7.20. The van der Waals surface area contributed by atoms with Crippen LogP contribution in [0.3, 0.4) is 0 Å².